The molecule has 2 rings (SSSR count). The molecule has 1 fully saturated rings. The van der Waals surface area contributed by atoms with Gasteiger partial charge in [-0.05, 0) is 31.2 Å². The van der Waals surface area contributed by atoms with Gasteiger partial charge in [0.1, 0.15) is 5.75 Å². The van der Waals surface area contributed by atoms with Crippen LogP contribution in [-0.4, -0.2) is 13.2 Å². The molecule has 16 heavy (non-hydrogen) atoms. The Morgan fingerprint density at radius 1 is 1.31 bits per heavy atom. The first kappa shape index (κ1) is 11.1. The molecule has 1 aromatic carbocycles. The molecule has 3 N–H and O–H groups in total. The zero-order valence-corrected chi connectivity index (χ0v) is 9.99. The number of nitrogen functional groups attached to an aromatic ring is 1. The van der Waals surface area contributed by atoms with E-state index in [1.165, 1.54) is 19.3 Å². The van der Waals surface area contributed by atoms with Crippen LogP contribution in [0.1, 0.15) is 26.2 Å². The number of hydrogen-bond donors (Lipinski definition) is 2. The van der Waals surface area contributed by atoms with Crippen LogP contribution < -0.4 is 15.8 Å². The van der Waals surface area contributed by atoms with Gasteiger partial charge in [0.25, 0.3) is 0 Å². The maximum absolute atomic E-state index is 5.82. The van der Waals surface area contributed by atoms with Gasteiger partial charge < -0.3 is 15.8 Å². The van der Waals surface area contributed by atoms with Gasteiger partial charge in [0, 0.05) is 29.5 Å². The number of nitrogens with one attached hydrogen (secondary N) is 1. The topological polar surface area (TPSA) is 47.3 Å². The summed E-state index contributed by atoms with van der Waals surface area (Å²) in [5.74, 6) is 1.65. The molecule has 1 saturated carbocycles. The Hall–Kier alpha value is -1.38. The summed E-state index contributed by atoms with van der Waals surface area (Å²) in [5, 5.41) is 3.53. The minimum atomic E-state index is 0.585. The van der Waals surface area contributed by atoms with Crippen molar-refractivity contribution in [1.29, 1.82) is 0 Å². The third kappa shape index (κ3) is 2.60. The number of benzene rings is 1. The molecule has 0 amide bonds. The predicted molar refractivity (Wildman–Crippen MR) is 67.8 cm³/mol. The molecule has 3 nitrogen and oxygen atoms in total. The predicted octanol–water partition coefficient (Wildman–Crippen LogP) is 2.88. The first-order chi connectivity index (χ1) is 7.67. The van der Waals surface area contributed by atoms with E-state index in [1.807, 2.05) is 18.2 Å². The summed E-state index contributed by atoms with van der Waals surface area (Å²) in [6, 6.07) is 6.38. The molecular weight excluding hydrogens is 200 g/mol. The number of rotatable bonds is 3. The van der Waals surface area contributed by atoms with E-state index in [0.717, 1.165) is 23.0 Å². The zero-order chi connectivity index (χ0) is 11.5. The highest BCUT2D eigenvalue weighted by Crippen LogP contribution is 2.29. The number of ether oxygens (including phenoxy) is 1. The second-order valence-electron chi connectivity index (χ2n) is 4.75. The van der Waals surface area contributed by atoms with Crippen molar-refractivity contribution >= 4 is 11.4 Å². The Morgan fingerprint density at radius 3 is 2.75 bits per heavy atom. The van der Waals surface area contributed by atoms with Gasteiger partial charge in [-0.15, -0.1) is 0 Å². The summed E-state index contributed by atoms with van der Waals surface area (Å²) in [6.45, 7) is 2.31. The number of hydrogen-bond acceptors (Lipinski definition) is 3. The molecular formula is C13H20N2O. The summed E-state index contributed by atoms with van der Waals surface area (Å²) in [7, 11) is 1.66. The lowest BCUT2D eigenvalue weighted by molar-refractivity contribution is 0.415. The van der Waals surface area contributed by atoms with Gasteiger partial charge in [-0.3, -0.25) is 0 Å². The fourth-order valence-electron chi connectivity index (χ4n) is 2.40. The lowest BCUT2D eigenvalue weighted by Gasteiger charge is -2.15. The lowest BCUT2D eigenvalue weighted by Crippen LogP contribution is -2.15. The number of nitrogens with two attached hydrogens (primary N) is 1. The van der Waals surface area contributed by atoms with Crippen LogP contribution in [0.3, 0.4) is 0 Å². The summed E-state index contributed by atoms with van der Waals surface area (Å²) >= 11 is 0. The standard InChI is InChI=1S/C13H20N2O/c1-9-3-4-11(5-9)15-12-6-10(14)7-13(8-12)16-2/h6-9,11,15H,3-5,14H2,1-2H3. The first-order valence-corrected chi connectivity index (χ1v) is 5.88. The lowest BCUT2D eigenvalue weighted by atomic mass is 10.1. The van der Waals surface area contributed by atoms with Gasteiger partial charge in [0.15, 0.2) is 0 Å². The highest BCUT2D eigenvalue weighted by Gasteiger charge is 2.20. The summed E-state index contributed by atoms with van der Waals surface area (Å²) in [5.41, 5.74) is 7.63. The molecule has 2 atom stereocenters. The molecule has 0 bridgehead atoms. The fourth-order valence-corrected chi connectivity index (χ4v) is 2.40. The molecule has 0 saturated heterocycles. The molecule has 0 heterocycles. The summed E-state index contributed by atoms with van der Waals surface area (Å²) < 4.78 is 5.20. The number of methoxy groups -OCH3 is 1. The SMILES string of the molecule is COc1cc(N)cc(NC2CCC(C)C2)c1. The second-order valence-corrected chi connectivity index (χ2v) is 4.75. The molecule has 0 spiro atoms. The normalized spacial score (nSPS) is 24.4. The summed E-state index contributed by atoms with van der Waals surface area (Å²) in [6.07, 6.45) is 3.81. The highest BCUT2D eigenvalue weighted by atomic mass is 16.5. The molecule has 3 heteroatoms. The smallest absolute Gasteiger partial charge is 0.122 e. The Balaban J connectivity index is 2.06. The van der Waals surface area contributed by atoms with Crippen molar-refractivity contribution in [1.82, 2.24) is 0 Å². The van der Waals surface area contributed by atoms with Crippen LogP contribution in [0.5, 0.6) is 5.75 Å². The van der Waals surface area contributed by atoms with E-state index < -0.39 is 0 Å². The highest BCUT2D eigenvalue weighted by molar-refractivity contribution is 5.59. The van der Waals surface area contributed by atoms with Crippen LogP contribution in [0.15, 0.2) is 18.2 Å². The van der Waals surface area contributed by atoms with Crippen LogP contribution in [0, 0.1) is 5.92 Å². The Kier molecular flexibility index (Phi) is 3.22. The molecule has 1 aromatic rings. The molecule has 1 aliphatic rings. The van der Waals surface area contributed by atoms with Crippen molar-refractivity contribution in [2.24, 2.45) is 5.92 Å². The maximum Gasteiger partial charge on any atom is 0.122 e. The third-order valence-corrected chi connectivity index (χ3v) is 3.23. The largest absolute Gasteiger partial charge is 0.497 e. The van der Waals surface area contributed by atoms with Crippen molar-refractivity contribution in [3.8, 4) is 5.75 Å². The Bertz CT molecular complexity index is 365. The van der Waals surface area contributed by atoms with E-state index in [-0.39, 0.29) is 0 Å². The van der Waals surface area contributed by atoms with Gasteiger partial charge >= 0.3 is 0 Å². The van der Waals surface area contributed by atoms with E-state index in [2.05, 4.69) is 12.2 Å². The van der Waals surface area contributed by atoms with Gasteiger partial charge in [-0.2, -0.15) is 0 Å². The van der Waals surface area contributed by atoms with Crippen LogP contribution in [0.25, 0.3) is 0 Å². The first-order valence-electron chi connectivity index (χ1n) is 5.88. The van der Waals surface area contributed by atoms with Gasteiger partial charge in [0.05, 0.1) is 7.11 Å². The monoisotopic (exact) mass is 220 g/mol. The average molecular weight is 220 g/mol. The Labute approximate surface area is 97.0 Å². The van der Waals surface area contributed by atoms with Crippen LogP contribution >= 0.6 is 0 Å². The third-order valence-electron chi connectivity index (χ3n) is 3.23. The van der Waals surface area contributed by atoms with Crippen molar-refractivity contribution in [2.45, 2.75) is 32.2 Å². The average Bonchev–Trinajstić information content (AvgIpc) is 2.63. The van der Waals surface area contributed by atoms with Crippen molar-refractivity contribution in [2.75, 3.05) is 18.2 Å². The van der Waals surface area contributed by atoms with E-state index in [1.54, 1.807) is 7.11 Å². The van der Waals surface area contributed by atoms with E-state index in [9.17, 15) is 0 Å². The van der Waals surface area contributed by atoms with Crippen molar-refractivity contribution in [3.63, 3.8) is 0 Å². The van der Waals surface area contributed by atoms with Gasteiger partial charge in [-0.1, -0.05) is 6.92 Å². The Morgan fingerprint density at radius 2 is 2.12 bits per heavy atom. The minimum absolute atomic E-state index is 0.585. The van der Waals surface area contributed by atoms with Crippen LogP contribution in [-0.2, 0) is 0 Å². The zero-order valence-electron chi connectivity index (χ0n) is 9.99. The molecule has 0 aromatic heterocycles. The molecule has 88 valence electrons. The van der Waals surface area contributed by atoms with E-state index in [4.69, 9.17) is 10.5 Å². The molecule has 0 aliphatic heterocycles. The maximum atomic E-state index is 5.82. The van der Waals surface area contributed by atoms with E-state index >= 15 is 0 Å². The second kappa shape index (κ2) is 4.64. The minimum Gasteiger partial charge on any atom is -0.497 e. The molecule has 2 unspecified atom stereocenters. The number of anilines is 2. The quantitative estimate of drug-likeness (QED) is 0.770. The van der Waals surface area contributed by atoms with E-state index in [0.29, 0.717) is 6.04 Å². The van der Waals surface area contributed by atoms with Crippen LogP contribution in [0.4, 0.5) is 11.4 Å². The van der Waals surface area contributed by atoms with Crippen molar-refractivity contribution < 1.29 is 4.74 Å². The fraction of sp³-hybridized carbons (Fsp3) is 0.538. The van der Waals surface area contributed by atoms with Crippen molar-refractivity contribution in [3.05, 3.63) is 18.2 Å². The van der Waals surface area contributed by atoms with Gasteiger partial charge in [-0.25, -0.2) is 0 Å². The molecule has 0 radical (unpaired) electrons. The molecule has 1 aliphatic carbocycles. The summed E-state index contributed by atoms with van der Waals surface area (Å²) in [4.78, 5) is 0. The van der Waals surface area contributed by atoms with Gasteiger partial charge in [0.2, 0.25) is 0 Å². The van der Waals surface area contributed by atoms with Crippen LogP contribution in [0.2, 0.25) is 0 Å².